The predicted molar refractivity (Wildman–Crippen MR) is 56.2 cm³/mol. The van der Waals surface area contributed by atoms with Gasteiger partial charge in [-0.15, -0.1) is 0 Å². The molecular weight excluding hydrogens is 257 g/mol. The molecule has 0 amide bonds. The summed E-state index contributed by atoms with van der Waals surface area (Å²) in [5, 5.41) is 9.30. The molecule has 0 aromatic heterocycles. The van der Waals surface area contributed by atoms with Gasteiger partial charge in [0.15, 0.2) is 0 Å². The van der Waals surface area contributed by atoms with Gasteiger partial charge in [-0.2, -0.15) is 13.2 Å². The summed E-state index contributed by atoms with van der Waals surface area (Å²) in [6, 6.07) is 1.61. The fraction of sp³-hybridized carbons (Fsp3) is 0.200. The summed E-state index contributed by atoms with van der Waals surface area (Å²) in [7, 11) is -5.44. The molecule has 0 saturated carbocycles. The number of phenols is 1. The van der Waals surface area contributed by atoms with Crippen LogP contribution < -0.4 is 0 Å². The largest absolute Gasteiger partial charge is 0.508 e. The highest BCUT2D eigenvalue weighted by atomic mass is 32.2. The molecule has 1 aromatic rings. The molecule has 17 heavy (non-hydrogen) atoms. The van der Waals surface area contributed by atoms with Gasteiger partial charge in [0, 0.05) is 0 Å². The van der Waals surface area contributed by atoms with E-state index < -0.39 is 20.2 Å². The van der Waals surface area contributed by atoms with E-state index in [4.69, 9.17) is 0 Å². The number of alkyl halides is 3. The summed E-state index contributed by atoms with van der Waals surface area (Å²) in [6.45, 7) is 4.55. The molecule has 3 nitrogen and oxygen atoms in total. The standard InChI is InChI=1S/C10H9F3O3S/c1-3-7-6(2)8(14)4-5-9(7)17(15,16)10(11,12)13/h3-5,14H,1H2,2H3. The fourth-order valence-corrected chi connectivity index (χ4v) is 2.33. The van der Waals surface area contributed by atoms with Crippen LogP contribution in [-0.2, 0) is 9.84 Å². The zero-order valence-electron chi connectivity index (χ0n) is 8.75. The Labute approximate surface area is 96.1 Å². The van der Waals surface area contributed by atoms with Crippen molar-refractivity contribution in [1.82, 2.24) is 0 Å². The van der Waals surface area contributed by atoms with Gasteiger partial charge >= 0.3 is 5.51 Å². The zero-order valence-corrected chi connectivity index (χ0v) is 9.56. The van der Waals surface area contributed by atoms with Gasteiger partial charge < -0.3 is 5.11 Å². The molecule has 0 radical (unpaired) electrons. The lowest BCUT2D eigenvalue weighted by atomic mass is 10.1. The first-order valence-electron chi connectivity index (χ1n) is 4.39. The lowest BCUT2D eigenvalue weighted by molar-refractivity contribution is -0.0436. The molecule has 0 heterocycles. The molecule has 1 rings (SSSR count). The Morgan fingerprint density at radius 1 is 1.35 bits per heavy atom. The summed E-state index contributed by atoms with van der Waals surface area (Å²) >= 11 is 0. The molecule has 0 saturated heterocycles. The summed E-state index contributed by atoms with van der Waals surface area (Å²) < 4.78 is 59.6. The minimum absolute atomic E-state index is 0.0327. The third-order valence-electron chi connectivity index (χ3n) is 2.24. The molecular formula is C10H9F3O3S. The van der Waals surface area contributed by atoms with Crippen LogP contribution in [0, 0.1) is 6.92 Å². The average molecular weight is 266 g/mol. The minimum Gasteiger partial charge on any atom is -0.508 e. The van der Waals surface area contributed by atoms with Crippen LogP contribution in [0.15, 0.2) is 23.6 Å². The van der Waals surface area contributed by atoms with E-state index in [1.165, 1.54) is 6.92 Å². The maximum absolute atomic E-state index is 12.4. The third kappa shape index (κ3) is 2.14. The summed E-state index contributed by atoms with van der Waals surface area (Å²) in [5.74, 6) is -0.291. The Morgan fingerprint density at radius 2 is 1.88 bits per heavy atom. The van der Waals surface area contributed by atoms with Crippen LogP contribution in [0.25, 0.3) is 6.08 Å². The molecule has 1 aromatic carbocycles. The quantitative estimate of drug-likeness (QED) is 0.895. The van der Waals surface area contributed by atoms with E-state index in [0.29, 0.717) is 6.07 Å². The van der Waals surface area contributed by atoms with E-state index in [1.54, 1.807) is 0 Å². The van der Waals surface area contributed by atoms with Crippen molar-refractivity contribution in [2.24, 2.45) is 0 Å². The number of sulfone groups is 1. The number of phenolic OH excluding ortho intramolecular Hbond substituents is 1. The number of rotatable bonds is 2. The molecule has 0 atom stereocenters. The zero-order chi connectivity index (χ0) is 13.4. The summed E-state index contributed by atoms with van der Waals surface area (Å²) in [4.78, 5) is -0.907. The molecule has 0 aliphatic carbocycles. The van der Waals surface area contributed by atoms with Crippen LogP contribution in [0.1, 0.15) is 11.1 Å². The molecule has 7 heteroatoms. The molecule has 1 N–H and O–H groups in total. The van der Waals surface area contributed by atoms with Gasteiger partial charge in [-0.25, -0.2) is 8.42 Å². The van der Waals surface area contributed by atoms with Gasteiger partial charge in [0.05, 0.1) is 4.90 Å². The van der Waals surface area contributed by atoms with E-state index in [1.807, 2.05) is 0 Å². The van der Waals surface area contributed by atoms with Gasteiger partial charge in [-0.3, -0.25) is 0 Å². The van der Waals surface area contributed by atoms with Gasteiger partial charge in [0.2, 0.25) is 0 Å². The molecule has 0 fully saturated rings. The van der Waals surface area contributed by atoms with Crippen LogP contribution in [0.4, 0.5) is 13.2 Å². The SMILES string of the molecule is C=Cc1c(S(=O)(=O)C(F)(F)F)ccc(O)c1C. The highest BCUT2D eigenvalue weighted by Gasteiger charge is 2.47. The second-order valence-electron chi connectivity index (χ2n) is 3.27. The van der Waals surface area contributed by atoms with Crippen molar-refractivity contribution in [2.75, 3.05) is 0 Å². The number of aromatic hydroxyl groups is 1. The first-order valence-corrected chi connectivity index (χ1v) is 5.87. The van der Waals surface area contributed by atoms with E-state index >= 15 is 0 Å². The van der Waals surface area contributed by atoms with Crippen molar-refractivity contribution >= 4 is 15.9 Å². The monoisotopic (exact) mass is 266 g/mol. The maximum Gasteiger partial charge on any atom is 0.501 e. The molecule has 0 unspecified atom stereocenters. The van der Waals surface area contributed by atoms with Gasteiger partial charge in [-0.05, 0) is 30.2 Å². The highest BCUT2D eigenvalue weighted by Crippen LogP contribution is 2.35. The Balaban J connectivity index is 3.66. The molecule has 0 spiro atoms. The normalized spacial score (nSPS) is 12.5. The fourth-order valence-electron chi connectivity index (χ4n) is 1.30. The van der Waals surface area contributed by atoms with Crippen LogP contribution in [-0.4, -0.2) is 19.0 Å². The number of hydrogen-bond donors (Lipinski definition) is 1. The third-order valence-corrected chi connectivity index (χ3v) is 3.79. The van der Waals surface area contributed by atoms with Crippen LogP contribution in [0.2, 0.25) is 0 Å². The topological polar surface area (TPSA) is 54.4 Å². The lowest BCUT2D eigenvalue weighted by Gasteiger charge is -2.13. The predicted octanol–water partition coefficient (Wildman–Crippen LogP) is 2.64. The molecule has 0 aliphatic rings. The van der Waals surface area contributed by atoms with E-state index in [0.717, 1.165) is 12.1 Å². The lowest BCUT2D eigenvalue weighted by Crippen LogP contribution is -2.24. The Morgan fingerprint density at radius 3 is 2.29 bits per heavy atom. The van der Waals surface area contributed by atoms with Crippen molar-refractivity contribution < 1.29 is 26.7 Å². The molecule has 0 bridgehead atoms. The van der Waals surface area contributed by atoms with Crippen LogP contribution in [0.5, 0.6) is 5.75 Å². The maximum atomic E-state index is 12.4. The van der Waals surface area contributed by atoms with Crippen molar-refractivity contribution in [3.05, 3.63) is 29.8 Å². The molecule has 0 aliphatic heterocycles. The Bertz CT molecular complexity index is 559. The highest BCUT2D eigenvalue weighted by molar-refractivity contribution is 7.92. The summed E-state index contributed by atoms with van der Waals surface area (Å²) in [5.41, 5.74) is -5.60. The van der Waals surface area contributed by atoms with Crippen molar-refractivity contribution in [3.8, 4) is 5.75 Å². The number of hydrogen-bond acceptors (Lipinski definition) is 3. The second-order valence-corrected chi connectivity index (χ2v) is 5.18. The van der Waals surface area contributed by atoms with E-state index in [2.05, 4.69) is 6.58 Å². The van der Waals surface area contributed by atoms with Gasteiger partial charge in [0.25, 0.3) is 9.84 Å². The van der Waals surface area contributed by atoms with Crippen molar-refractivity contribution in [1.29, 1.82) is 0 Å². The average Bonchev–Trinajstić information content (AvgIpc) is 2.19. The van der Waals surface area contributed by atoms with Crippen LogP contribution >= 0.6 is 0 Å². The number of halogens is 3. The van der Waals surface area contributed by atoms with Crippen molar-refractivity contribution in [3.63, 3.8) is 0 Å². The second kappa shape index (κ2) is 4.06. The first-order chi connectivity index (χ1) is 7.63. The Kier molecular flexibility index (Phi) is 3.24. The van der Waals surface area contributed by atoms with E-state index in [9.17, 15) is 26.7 Å². The van der Waals surface area contributed by atoms with Crippen molar-refractivity contribution in [2.45, 2.75) is 17.3 Å². The van der Waals surface area contributed by atoms with E-state index in [-0.39, 0.29) is 16.9 Å². The smallest absolute Gasteiger partial charge is 0.501 e. The first kappa shape index (κ1) is 13.6. The van der Waals surface area contributed by atoms with Gasteiger partial charge in [0.1, 0.15) is 5.75 Å². The van der Waals surface area contributed by atoms with Crippen LogP contribution in [0.3, 0.4) is 0 Å². The van der Waals surface area contributed by atoms with Gasteiger partial charge in [-0.1, -0.05) is 12.7 Å². The molecule has 94 valence electrons. The number of benzene rings is 1. The minimum atomic E-state index is -5.44. The Hall–Kier alpha value is -1.50. The summed E-state index contributed by atoms with van der Waals surface area (Å²) in [6.07, 6.45) is 0.966.